The van der Waals surface area contributed by atoms with Crippen LogP contribution in [0.4, 0.5) is 5.95 Å². The Bertz CT molecular complexity index is 1380. The van der Waals surface area contributed by atoms with Crippen LogP contribution in [0.3, 0.4) is 0 Å². The molecule has 0 bridgehead atoms. The van der Waals surface area contributed by atoms with Crippen LogP contribution in [0.25, 0.3) is 27.7 Å². The van der Waals surface area contributed by atoms with E-state index in [0.29, 0.717) is 23.3 Å². The number of hydrogen-bond donors (Lipinski definition) is 1. The Balaban J connectivity index is 1.22. The third-order valence-corrected chi connectivity index (χ3v) is 7.41. The van der Waals surface area contributed by atoms with Gasteiger partial charge in [0.15, 0.2) is 0 Å². The molecule has 1 aliphatic carbocycles. The minimum Gasteiger partial charge on any atom is -0.479 e. The van der Waals surface area contributed by atoms with Crippen LogP contribution >= 0.6 is 0 Å². The summed E-state index contributed by atoms with van der Waals surface area (Å²) >= 11 is 0. The second kappa shape index (κ2) is 7.93. The van der Waals surface area contributed by atoms with Crippen LogP contribution in [0.15, 0.2) is 42.9 Å². The van der Waals surface area contributed by atoms with E-state index in [9.17, 15) is 4.79 Å². The van der Waals surface area contributed by atoms with Gasteiger partial charge in [0, 0.05) is 50.2 Å². The Labute approximate surface area is 197 Å². The molecule has 1 aromatic carbocycles. The summed E-state index contributed by atoms with van der Waals surface area (Å²) in [4.78, 5) is 27.0. The number of anilines is 1. The van der Waals surface area contributed by atoms with Gasteiger partial charge < -0.3 is 15.0 Å². The first-order chi connectivity index (χ1) is 16.5. The van der Waals surface area contributed by atoms with Crippen molar-refractivity contribution < 1.29 is 9.53 Å². The number of carbonyl (C=O) groups excluding carboxylic acids is 1. The summed E-state index contributed by atoms with van der Waals surface area (Å²) in [6, 6.07) is 8.38. The molecule has 34 heavy (non-hydrogen) atoms. The number of rotatable bonds is 4. The predicted molar refractivity (Wildman–Crippen MR) is 129 cm³/mol. The van der Waals surface area contributed by atoms with Crippen molar-refractivity contribution in [2.45, 2.75) is 38.6 Å². The topological polar surface area (TPSA) is 97.5 Å². The van der Waals surface area contributed by atoms with Gasteiger partial charge >= 0.3 is 0 Å². The van der Waals surface area contributed by atoms with E-state index >= 15 is 0 Å². The molecule has 1 spiro atoms. The van der Waals surface area contributed by atoms with Gasteiger partial charge in [-0.1, -0.05) is 6.07 Å². The normalized spacial score (nSPS) is 17.8. The van der Waals surface area contributed by atoms with Crippen molar-refractivity contribution in [1.82, 2.24) is 29.5 Å². The first-order valence-corrected chi connectivity index (χ1v) is 11.7. The number of nitrogens with one attached hydrogen (secondary N) is 1. The largest absolute Gasteiger partial charge is 0.479 e. The summed E-state index contributed by atoms with van der Waals surface area (Å²) in [6.07, 6.45) is 9.63. The summed E-state index contributed by atoms with van der Waals surface area (Å²) in [5, 5.41) is 8.22. The molecule has 174 valence electrons. The molecule has 2 aliphatic rings. The first-order valence-electron chi connectivity index (χ1n) is 11.7. The van der Waals surface area contributed by atoms with Gasteiger partial charge in [-0.2, -0.15) is 4.98 Å². The van der Waals surface area contributed by atoms with E-state index in [2.05, 4.69) is 20.3 Å². The molecule has 1 saturated carbocycles. The van der Waals surface area contributed by atoms with E-state index in [-0.39, 0.29) is 5.91 Å². The SMILES string of the molecule is COc1nc(NC2CC3(CCN(C(C)=O)CC3)C2)nn2ccc(-c3ccc4nccnc4c3)c12. The highest BCUT2D eigenvalue weighted by Gasteiger charge is 2.46. The number of nitrogens with zero attached hydrogens (tertiary/aromatic N) is 6. The predicted octanol–water partition coefficient (Wildman–Crippen LogP) is 3.55. The molecule has 2 fully saturated rings. The number of methoxy groups -OCH3 is 1. The number of fused-ring (bicyclic) bond motifs is 2. The quantitative estimate of drug-likeness (QED) is 0.500. The van der Waals surface area contributed by atoms with Gasteiger partial charge in [0.2, 0.25) is 17.7 Å². The maximum absolute atomic E-state index is 11.6. The van der Waals surface area contributed by atoms with Crippen LogP contribution < -0.4 is 10.1 Å². The Kier molecular flexibility index (Phi) is 4.86. The lowest BCUT2D eigenvalue weighted by atomic mass is 9.60. The van der Waals surface area contributed by atoms with Crippen molar-refractivity contribution in [3.8, 4) is 17.0 Å². The number of benzene rings is 1. The fourth-order valence-corrected chi connectivity index (χ4v) is 5.53. The maximum atomic E-state index is 11.6. The van der Waals surface area contributed by atoms with E-state index < -0.39 is 0 Å². The third kappa shape index (κ3) is 3.52. The number of aromatic nitrogens is 5. The molecule has 9 nitrogen and oxygen atoms in total. The van der Waals surface area contributed by atoms with Gasteiger partial charge in [-0.3, -0.25) is 14.8 Å². The van der Waals surface area contributed by atoms with Crippen LogP contribution in [-0.2, 0) is 4.79 Å². The molecule has 4 heterocycles. The summed E-state index contributed by atoms with van der Waals surface area (Å²) < 4.78 is 7.50. The number of amides is 1. The van der Waals surface area contributed by atoms with Crippen LogP contribution in [-0.4, -0.2) is 61.6 Å². The van der Waals surface area contributed by atoms with E-state index in [1.165, 1.54) is 0 Å². The molecule has 3 aromatic heterocycles. The monoisotopic (exact) mass is 457 g/mol. The minimum absolute atomic E-state index is 0.181. The lowest BCUT2D eigenvalue weighted by molar-refractivity contribution is -0.132. The third-order valence-electron chi connectivity index (χ3n) is 7.41. The van der Waals surface area contributed by atoms with Crippen LogP contribution in [0.5, 0.6) is 5.88 Å². The summed E-state index contributed by atoms with van der Waals surface area (Å²) in [6.45, 7) is 3.39. The smallest absolute Gasteiger partial charge is 0.244 e. The average molecular weight is 458 g/mol. The van der Waals surface area contributed by atoms with Gasteiger partial charge in [-0.15, -0.1) is 5.10 Å². The van der Waals surface area contributed by atoms with Gasteiger partial charge in [-0.25, -0.2) is 4.52 Å². The van der Waals surface area contributed by atoms with E-state index in [1.807, 2.05) is 39.9 Å². The van der Waals surface area contributed by atoms with Gasteiger partial charge in [0.25, 0.3) is 0 Å². The lowest BCUT2D eigenvalue weighted by Crippen LogP contribution is -2.52. The molecule has 6 rings (SSSR count). The van der Waals surface area contributed by atoms with Crippen molar-refractivity contribution in [1.29, 1.82) is 0 Å². The number of piperidine rings is 1. The van der Waals surface area contributed by atoms with Crippen molar-refractivity contribution in [3.05, 3.63) is 42.9 Å². The van der Waals surface area contributed by atoms with Gasteiger partial charge in [0.05, 0.1) is 18.1 Å². The zero-order chi connectivity index (χ0) is 23.3. The molecule has 1 N–H and O–H groups in total. The maximum Gasteiger partial charge on any atom is 0.244 e. The molecular formula is C25H27N7O2. The zero-order valence-corrected chi connectivity index (χ0v) is 19.4. The number of carbonyl (C=O) groups is 1. The Morgan fingerprint density at radius 1 is 1.12 bits per heavy atom. The summed E-state index contributed by atoms with van der Waals surface area (Å²) in [7, 11) is 1.63. The molecule has 1 amide bonds. The molecule has 0 unspecified atom stereocenters. The molecule has 0 atom stereocenters. The fraction of sp³-hybridized carbons (Fsp3) is 0.400. The van der Waals surface area contributed by atoms with Crippen LogP contribution in [0.1, 0.15) is 32.6 Å². The van der Waals surface area contributed by atoms with E-state index in [0.717, 1.165) is 66.4 Å². The van der Waals surface area contributed by atoms with E-state index in [1.54, 1.807) is 26.4 Å². The highest BCUT2D eigenvalue weighted by Crippen LogP contribution is 2.50. The standard InChI is InChI=1S/C25H27N7O2/c1-16(33)31-11-6-25(7-12-31)14-18(15-25)28-24-29-23(34-2)22-19(5-10-32(22)30-24)17-3-4-20-21(13-17)27-9-8-26-20/h3-5,8-10,13,18H,6-7,11-12,14-15H2,1-2H3,(H,28,30). The molecule has 1 saturated heterocycles. The fourth-order valence-electron chi connectivity index (χ4n) is 5.53. The first kappa shape index (κ1) is 20.8. The molecular weight excluding hydrogens is 430 g/mol. The molecule has 0 radical (unpaired) electrons. The van der Waals surface area contributed by atoms with Gasteiger partial charge in [0.1, 0.15) is 5.52 Å². The van der Waals surface area contributed by atoms with Crippen molar-refractivity contribution in [3.63, 3.8) is 0 Å². The minimum atomic E-state index is 0.181. The van der Waals surface area contributed by atoms with Crippen molar-refractivity contribution in [2.24, 2.45) is 5.41 Å². The second-order valence-corrected chi connectivity index (χ2v) is 9.48. The second-order valence-electron chi connectivity index (χ2n) is 9.48. The number of hydrogen-bond acceptors (Lipinski definition) is 7. The van der Waals surface area contributed by atoms with Crippen molar-refractivity contribution in [2.75, 3.05) is 25.5 Å². The van der Waals surface area contributed by atoms with E-state index in [4.69, 9.17) is 9.84 Å². The highest BCUT2D eigenvalue weighted by atomic mass is 16.5. The Hall–Kier alpha value is -3.75. The number of ether oxygens (including phenoxy) is 1. The van der Waals surface area contributed by atoms with Gasteiger partial charge in [-0.05, 0) is 54.9 Å². The summed E-state index contributed by atoms with van der Waals surface area (Å²) in [5.74, 6) is 1.28. The lowest BCUT2D eigenvalue weighted by Gasteiger charge is -2.52. The summed E-state index contributed by atoms with van der Waals surface area (Å²) in [5.41, 5.74) is 4.85. The van der Waals surface area contributed by atoms with Crippen molar-refractivity contribution >= 4 is 28.4 Å². The number of likely N-dealkylation sites (tertiary alicyclic amines) is 1. The van der Waals surface area contributed by atoms with Crippen LogP contribution in [0, 0.1) is 5.41 Å². The molecule has 1 aliphatic heterocycles. The zero-order valence-electron chi connectivity index (χ0n) is 19.4. The van der Waals surface area contributed by atoms with Crippen LogP contribution in [0.2, 0.25) is 0 Å². The molecule has 4 aromatic rings. The highest BCUT2D eigenvalue weighted by molar-refractivity contribution is 5.89. The average Bonchev–Trinajstić information content (AvgIpc) is 3.26. The molecule has 9 heteroatoms. The Morgan fingerprint density at radius 3 is 2.62 bits per heavy atom. The Morgan fingerprint density at radius 2 is 1.88 bits per heavy atom.